The molecule has 0 bridgehead atoms. The van der Waals surface area contributed by atoms with Crippen molar-refractivity contribution < 1.29 is 9.84 Å². The van der Waals surface area contributed by atoms with Crippen LogP contribution in [0.15, 0.2) is 84.9 Å². The highest BCUT2D eigenvalue weighted by atomic mass is 16.5. The van der Waals surface area contributed by atoms with Crippen LogP contribution in [0.2, 0.25) is 0 Å². The minimum absolute atomic E-state index is 0.0103. The average Bonchev–Trinajstić information content (AvgIpc) is 3.36. The van der Waals surface area contributed by atoms with E-state index in [1.807, 2.05) is 36.4 Å². The van der Waals surface area contributed by atoms with Crippen molar-refractivity contribution in [2.45, 2.75) is 37.2 Å². The van der Waals surface area contributed by atoms with Gasteiger partial charge in [-0.3, -0.25) is 0 Å². The lowest BCUT2D eigenvalue weighted by Gasteiger charge is -2.39. The molecule has 1 fully saturated rings. The van der Waals surface area contributed by atoms with Crippen molar-refractivity contribution in [1.82, 2.24) is 4.90 Å². The van der Waals surface area contributed by atoms with Gasteiger partial charge in [-0.1, -0.05) is 72.8 Å². The molecule has 1 N–H and O–H groups in total. The molecule has 3 aromatic carbocycles. The third-order valence-electron chi connectivity index (χ3n) is 6.65. The monoisotopic (exact) mass is 415 g/mol. The molecule has 3 nitrogen and oxygen atoms in total. The van der Waals surface area contributed by atoms with Crippen molar-refractivity contribution in [2.24, 2.45) is 0 Å². The maximum atomic E-state index is 12.4. The second kappa shape index (κ2) is 10.1. The van der Waals surface area contributed by atoms with Crippen LogP contribution in [0.1, 0.15) is 41.9 Å². The third kappa shape index (κ3) is 5.17. The Morgan fingerprint density at radius 1 is 0.871 bits per heavy atom. The molecule has 0 saturated carbocycles. The predicted octanol–water partition coefficient (Wildman–Crippen LogP) is 5.40. The first-order valence-corrected chi connectivity index (χ1v) is 11.4. The fourth-order valence-corrected chi connectivity index (χ4v) is 4.82. The summed E-state index contributed by atoms with van der Waals surface area (Å²) in [6.07, 6.45) is 3.97. The van der Waals surface area contributed by atoms with Crippen molar-refractivity contribution in [3.8, 4) is 5.75 Å². The van der Waals surface area contributed by atoms with Crippen molar-refractivity contribution in [3.05, 3.63) is 102 Å². The van der Waals surface area contributed by atoms with Crippen molar-refractivity contribution in [2.75, 3.05) is 26.7 Å². The van der Waals surface area contributed by atoms with Crippen molar-refractivity contribution >= 4 is 0 Å². The third-order valence-corrected chi connectivity index (χ3v) is 6.65. The number of hydrogen-bond acceptors (Lipinski definition) is 3. The zero-order valence-electron chi connectivity index (χ0n) is 18.4. The molecule has 0 aliphatic carbocycles. The molecule has 31 heavy (non-hydrogen) atoms. The quantitative estimate of drug-likeness (QED) is 0.508. The average molecular weight is 416 g/mol. The van der Waals surface area contributed by atoms with E-state index in [0.717, 1.165) is 37.4 Å². The van der Waals surface area contributed by atoms with E-state index in [4.69, 9.17) is 4.74 Å². The highest BCUT2D eigenvalue weighted by molar-refractivity contribution is 5.36. The number of nitrogens with zero attached hydrogens (tertiary/aromatic N) is 1. The fraction of sp³-hybridized carbons (Fsp3) is 0.357. The number of aliphatic hydroxyl groups is 1. The highest BCUT2D eigenvalue weighted by Gasteiger charge is 2.40. The Morgan fingerprint density at radius 2 is 1.48 bits per heavy atom. The zero-order chi connectivity index (χ0) is 21.5. The summed E-state index contributed by atoms with van der Waals surface area (Å²) >= 11 is 0. The van der Waals surface area contributed by atoms with Crippen LogP contribution in [0.5, 0.6) is 5.75 Å². The Bertz CT molecular complexity index is 920. The second-order valence-corrected chi connectivity index (χ2v) is 8.61. The molecule has 0 aromatic heterocycles. The fourth-order valence-electron chi connectivity index (χ4n) is 4.82. The van der Waals surface area contributed by atoms with Gasteiger partial charge in [0.25, 0.3) is 0 Å². The van der Waals surface area contributed by atoms with E-state index in [1.54, 1.807) is 7.11 Å². The summed E-state index contributed by atoms with van der Waals surface area (Å²) in [6.45, 7) is 3.09. The maximum absolute atomic E-state index is 12.4. The van der Waals surface area contributed by atoms with Gasteiger partial charge in [0.05, 0.1) is 12.7 Å². The van der Waals surface area contributed by atoms with Crippen LogP contribution in [-0.4, -0.2) is 36.8 Å². The number of hydrogen-bond donors (Lipinski definition) is 1. The summed E-state index contributed by atoms with van der Waals surface area (Å²) in [6, 6.07) is 29.0. The first kappa shape index (κ1) is 21.6. The Labute approximate surface area is 186 Å². The lowest BCUT2D eigenvalue weighted by atomic mass is 9.73. The molecule has 1 saturated heterocycles. The number of rotatable bonds is 9. The molecule has 4 rings (SSSR count). The summed E-state index contributed by atoms with van der Waals surface area (Å²) in [5.41, 5.74) is 2.42. The van der Waals surface area contributed by atoms with Crippen LogP contribution in [0.4, 0.5) is 0 Å². The Morgan fingerprint density at radius 3 is 2.10 bits per heavy atom. The molecular weight excluding hydrogens is 382 g/mol. The van der Waals surface area contributed by atoms with Gasteiger partial charge in [-0.25, -0.2) is 0 Å². The standard InChI is InChI=1S/C28H33NO2/c1-31-26-16-14-25(15-17-26)28(30,19-18-23-10-4-2-5-11-23)27(22-29-20-8-9-21-29)24-12-6-3-7-13-24/h2-7,10-17,27,30H,8-9,18-22H2,1H3/t27-,28+/m1/s1. The van der Waals surface area contributed by atoms with E-state index in [-0.39, 0.29) is 5.92 Å². The molecule has 1 aliphatic rings. The molecular formula is C28H33NO2. The van der Waals surface area contributed by atoms with Gasteiger partial charge in [0.15, 0.2) is 0 Å². The van der Waals surface area contributed by atoms with E-state index in [2.05, 4.69) is 53.4 Å². The molecule has 2 atom stereocenters. The molecule has 0 radical (unpaired) electrons. The predicted molar refractivity (Wildman–Crippen MR) is 127 cm³/mol. The lowest BCUT2D eigenvalue weighted by molar-refractivity contribution is -0.0109. The van der Waals surface area contributed by atoms with Gasteiger partial charge in [0.1, 0.15) is 5.75 Å². The normalized spacial score (nSPS) is 17.2. The molecule has 3 heteroatoms. The van der Waals surface area contributed by atoms with E-state index >= 15 is 0 Å². The summed E-state index contributed by atoms with van der Waals surface area (Å²) in [7, 11) is 1.68. The van der Waals surface area contributed by atoms with Crippen LogP contribution < -0.4 is 4.74 Å². The number of ether oxygens (including phenoxy) is 1. The van der Waals surface area contributed by atoms with Crippen molar-refractivity contribution in [3.63, 3.8) is 0 Å². The molecule has 1 heterocycles. The van der Waals surface area contributed by atoms with Gasteiger partial charge >= 0.3 is 0 Å². The number of likely N-dealkylation sites (tertiary alicyclic amines) is 1. The minimum atomic E-state index is -0.980. The Hall–Kier alpha value is -2.62. The van der Waals surface area contributed by atoms with Gasteiger partial charge in [-0.15, -0.1) is 0 Å². The summed E-state index contributed by atoms with van der Waals surface area (Å²) in [5.74, 6) is 0.800. The van der Waals surface area contributed by atoms with Crippen LogP contribution >= 0.6 is 0 Å². The SMILES string of the molecule is COc1ccc([C@@](O)(CCc2ccccc2)[C@H](CN2CCCC2)c2ccccc2)cc1. The van der Waals surface area contributed by atoms with Crippen LogP contribution in [-0.2, 0) is 12.0 Å². The Kier molecular flexibility index (Phi) is 7.06. The molecule has 162 valence electrons. The van der Waals surface area contributed by atoms with E-state index in [9.17, 15) is 5.11 Å². The molecule has 3 aromatic rings. The van der Waals surface area contributed by atoms with Crippen LogP contribution in [0, 0.1) is 0 Å². The zero-order valence-corrected chi connectivity index (χ0v) is 18.4. The van der Waals surface area contributed by atoms with Crippen molar-refractivity contribution in [1.29, 1.82) is 0 Å². The van der Waals surface area contributed by atoms with E-state index in [1.165, 1.54) is 24.0 Å². The van der Waals surface area contributed by atoms with Gasteiger partial charge in [-0.05, 0) is 67.6 Å². The summed E-state index contributed by atoms with van der Waals surface area (Å²) < 4.78 is 5.37. The maximum Gasteiger partial charge on any atom is 0.118 e. The smallest absolute Gasteiger partial charge is 0.118 e. The van der Waals surface area contributed by atoms with Gasteiger partial charge in [0, 0.05) is 12.5 Å². The summed E-state index contributed by atoms with van der Waals surface area (Å²) in [4.78, 5) is 2.51. The number of aryl methyl sites for hydroxylation is 1. The van der Waals surface area contributed by atoms with Gasteiger partial charge in [-0.2, -0.15) is 0 Å². The van der Waals surface area contributed by atoms with E-state index in [0.29, 0.717) is 6.42 Å². The highest BCUT2D eigenvalue weighted by Crippen LogP contribution is 2.42. The molecule has 0 amide bonds. The van der Waals surface area contributed by atoms with Gasteiger partial charge < -0.3 is 14.7 Å². The number of methoxy groups -OCH3 is 1. The first-order valence-electron chi connectivity index (χ1n) is 11.4. The summed E-state index contributed by atoms with van der Waals surface area (Å²) in [5, 5.41) is 12.4. The largest absolute Gasteiger partial charge is 0.497 e. The molecule has 0 spiro atoms. The Balaban J connectivity index is 1.72. The molecule has 1 aliphatic heterocycles. The van der Waals surface area contributed by atoms with Crippen LogP contribution in [0.25, 0.3) is 0 Å². The van der Waals surface area contributed by atoms with Gasteiger partial charge in [0.2, 0.25) is 0 Å². The molecule has 0 unspecified atom stereocenters. The van der Waals surface area contributed by atoms with E-state index < -0.39 is 5.60 Å². The van der Waals surface area contributed by atoms with Crippen LogP contribution in [0.3, 0.4) is 0 Å². The first-order chi connectivity index (χ1) is 15.2. The number of benzene rings is 3. The topological polar surface area (TPSA) is 32.7 Å². The minimum Gasteiger partial charge on any atom is -0.497 e. The second-order valence-electron chi connectivity index (χ2n) is 8.61. The lowest BCUT2D eigenvalue weighted by Crippen LogP contribution is -2.41.